The number of hydrogen-bond donors (Lipinski definition) is 1. The first kappa shape index (κ1) is 22.3. The third kappa shape index (κ3) is 4.12. The first-order valence-electron chi connectivity index (χ1n) is 10.1. The van der Waals surface area contributed by atoms with Gasteiger partial charge in [-0.15, -0.1) is 11.3 Å². The molecule has 0 radical (unpaired) electrons. The van der Waals surface area contributed by atoms with Gasteiger partial charge in [0.2, 0.25) is 15.9 Å². The van der Waals surface area contributed by atoms with E-state index in [1.165, 1.54) is 11.3 Å². The van der Waals surface area contributed by atoms with Crippen molar-refractivity contribution in [1.82, 2.24) is 14.3 Å². The molecule has 7 nitrogen and oxygen atoms in total. The Morgan fingerprint density at radius 1 is 1.06 bits per heavy atom. The fraction of sp³-hybridized carbons (Fsp3) is 0.286. The van der Waals surface area contributed by atoms with Crippen molar-refractivity contribution in [2.45, 2.75) is 24.7 Å². The lowest BCUT2D eigenvalue weighted by atomic mass is 9.97. The number of hydrogen-bond acceptors (Lipinski definition) is 7. The molecule has 5 rings (SSSR count). The van der Waals surface area contributed by atoms with Gasteiger partial charge in [-0.3, -0.25) is 4.79 Å². The summed E-state index contributed by atoms with van der Waals surface area (Å²) in [6.07, 6.45) is 0.538. The molecule has 2 aromatic carbocycles. The molecule has 1 saturated heterocycles. The third-order valence-electron chi connectivity index (χ3n) is 5.58. The second kappa shape index (κ2) is 8.35. The first-order valence-corrected chi connectivity index (χ1v) is 13.2. The van der Waals surface area contributed by atoms with Crippen LogP contribution in [0.3, 0.4) is 0 Å². The highest BCUT2D eigenvalue weighted by Gasteiger charge is 2.34. The van der Waals surface area contributed by atoms with E-state index in [2.05, 4.69) is 15.3 Å². The predicted molar refractivity (Wildman–Crippen MR) is 124 cm³/mol. The number of thiazole rings is 2. The van der Waals surface area contributed by atoms with E-state index < -0.39 is 32.5 Å². The minimum Gasteiger partial charge on any atom is -0.302 e. The molecule has 2 aromatic heterocycles. The van der Waals surface area contributed by atoms with Gasteiger partial charge in [0.05, 0.1) is 25.4 Å². The van der Waals surface area contributed by atoms with E-state index in [1.807, 2.05) is 19.1 Å². The molecule has 0 saturated carbocycles. The number of anilines is 1. The van der Waals surface area contributed by atoms with Gasteiger partial charge in [0.15, 0.2) is 5.13 Å². The summed E-state index contributed by atoms with van der Waals surface area (Å²) < 4.78 is 56.1. The molecular formula is C21H18F2N4O3S3. The summed E-state index contributed by atoms with van der Waals surface area (Å²) in [5, 5.41) is 4.28. The number of nitrogens with zero attached hydrogens (tertiary/aromatic N) is 3. The number of amides is 1. The molecule has 1 amide bonds. The van der Waals surface area contributed by atoms with Crippen molar-refractivity contribution in [2.75, 3.05) is 18.4 Å². The molecule has 12 heteroatoms. The minimum absolute atomic E-state index is 0.0387. The van der Waals surface area contributed by atoms with Crippen LogP contribution in [0, 0.1) is 24.5 Å². The van der Waals surface area contributed by atoms with Gasteiger partial charge < -0.3 is 5.32 Å². The molecule has 0 atom stereocenters. The number of benzene rings is 2. The maximum Gasteiger partial charge on any atom is 0.246 e. The van der Waals surface area contributed by atoms with Crippen LogP contribution in [0.2, 0.25) is 0 Å². The van der Waals surface area contributed by atoms with E-state index in [4.69, 9.17) is 0 Å². The minimum atomic E-state index is -4.19. The quantitative estimate of drug-likeness (QED) is 0.437. The average Bonchev–Trinajstić information content (AvgIpc) is 3.37. The largest absolute Gasteiger partial charge is 0.302 e. The summed E-state index contributed by atoms with van der Waals surface area (Å²) in [5.74, 6) is -2.48. The van der Waals surface area contributed by atoms with Gasteiger partial charge in [-0.05, 0) is 50.1 Å². The van der Waals surface area contributed by atoms with Crippen LogP contribution in [0.4, 0.5) is 13.9 Å². The van der Waals surface area contributed by atoms with E-state index in [0.717, 1.165) is 41.9 Å². The van der Waals surface area contributed by atoms with Gasteiger partial charge in [0, 0.05) is 19.0 Å². The Balaban J connectivity index is 1.28. The number of carbonyl (C=O) groups is 1. The fourth-order valence-corrected chi connectivity index (χ4v) is 7.47. The molecule has 1 fully saturated rings. The van der Waals surface area contributed by atoms with Crippen molar-refractivity contribution < 1.29 is 22.0 Å². The predicted octanol–water partition coefficient (Wildman–Crippen LogP) is 4.53. The third-order valence-corrected chi connectivity index (χ3v) is 9.64. The average molecular weight is 509 g/mol. The summed E-state index contributed by atoms with van der Waals surface area (Å²) in [5.41, 5.74) is 1.68. The zero-order chi connectivity index (χ0) is 23.3. The Morgan fingerprint density at radius 3 is 2.45 bits per heavy atom. The van der Waals surface area contributed by atoms with Crippen molar-refractivity contribution in [3.63, 3.8) is 0 Å². The van der Waals surface area contributed by atoms with E-state index in [9.17, 15) is 22.0 Å². The summed E-state index contributed by atoms with van der Waals surface area (Å²) in [7, 11) is -4.19. The molecular weight excluding hydrogens is 490 g/mol. The molecule has 3 heterocycles. The Kier molecular flexibility index (Phi) is 5.63. The van der Waals surface area contributed by atoms with Crippen molar-refractivity contribution in [3.05, 3.63) is 47.0 Å². The van der Waals surface area contributed by atoms with E-state index in [-0.39, 0.29) is 31.8 Å². The SMILES string of the molecule is Cc1nc2ccc3nc(NC(=O)C4CCN(S(=O)(=O)c5cc(F)ccc5F)CC4)sc3c2s1. The van der Waals surface area contributed by atoms with Gasteiger partial charge in [-0.1, -0.05) is 11.3 Å². The maximum atomic E-state index is 14.0. The summed E-state index contributed by atoms with van der Waals surface area (Å²) in [6.45, 7) is 2.02. The zero-order valence-corrected chi connectivity index (χ0v) is 19.8. The molecule has 1 aliphatic heterocycles. The Hall–Kier alpha value is -2.54. The number of rotatable bonds is 4. The Labute approximate surface area is 196 Å². The topological polar surface area (TPSA) is 92.3 Å². The van der Waals surface area contributed by atoms with Crippen LogP contribution in [0.5, 0.6) is 0 Å². The number of fused-ring (bicyclic) bond motifs is 3. The van der Waals surface area contributed by atoms with Crippen molar-refractivity contribution in [1.29, 1.82) is 0 Å². The zero-order valence-electron chi connectivity index (χ0n) is 17.3. The number of halogens is 2. The van der Waals surface area contributed by atoms with Crippen LogP contribution < -0.4 is 5.32 Å². The van der Waals surface area contributed by atoms with E-state index in [0.29, 0.717) is 11.2 Å². The Bertz CT molecular complexity index is 1490. The van der Waals surface area contributed by atoms with Crippen LogP contribution >= 0.6 is 22.7 Å². The second-order valence-electron chi connectivity index (χ2n) is 7.76. The van der Waals surface area contributed by atoms with Crippen molar-refractivity contribution in [2.24, 2.45) is 5.92 Å². The fourth-order valence-electron chi connectivity index (χ4n) is 3.92. The lowest BCUT2D eigenvalue weighted by molar-refractivity contribution is -0.120. The van der Waals surface area contributed by atoms with Gasteiger partial charge in [-0.25, -0.2) is 27.2 Å². The van der Waals surface area contributed by atoms with E-state index >= 15 is 0 Å². The number of aromatic nitrogens is 2. The lowest BCUT2D eigenvalue weighted by Crippen LogP contribution is -2.41. The highest BCUT2D eigenvalue weighted by Crippen LogP contribution is 2.36. The number of aryl methyl sites for hydroxylation is 1. The Morgan fingerprint density at radius 2 is 1.73 bits per heavy atom. The van der Waals surface area contributed by atoms with E-state index in [1.54, 1.807) is 11.3 Å². The molecule has 0 bridgehead atoms. The molecule has 0 aliphatic carbocycles. The lowest BCUT2D eigenvalue weighted by Gasteiger charge is -2.30. The number of carbonyl (C=O) groups excluding carboxylic acids is 1. The highest BCUT2D eigenvalue weighted by atomic mass is 32.2. The monoisotopic (exact) mass is 508 g/mol. The molecule has 0 spiro atoms. The van der Waals surface area contributed by atoms with Crippen LogP contribution in [-0.4, -0.2) is 41.7 Å². The van der Waals surface area contributed by atoms with Gasteiger partial charge >= 0.3 is 0 Å². The molecule has 1 aliphatic rings. The second-order valence-corrected chi connectivity index (χ2v) is 11.9. The number of piperidine rings is 1. The van der Waals surface area contributed by atoms with Crippen LogP contribution in [0.25, 0.3) is 20.4 Å². The highest BCUT2D eigenvalue weighted by molar-refractivity contribution is 7.89. The van der Waals surface area contributed by atoms with Crippen LogP contribution in [0.1, 0.15) is 17.8 Å². The molecule has 4 aromatic rings. The van der Waals surface area contributed by atoms with Crippen molar-refractivity contribution >= 4 is 64.2 Å². The molecule has 0 unspecified atom stereocenters. The molecule has 172 valence electrons. The molecule has 1 N–H and O–H groups in total. The first-order chi connectivity index (χ1) is 15.7. The summed E-state index contributed by atoms with van der Waals surface area (Å²) >= 11 is 2.96. The smallest absolute Gasteiger partial charge is 0.246 e. The van der Waals surface area contributed by atoms with Crippen molar-refractivity contribution in [3.8, 4) is 0 Å². The van der Waals surface area contributed by atoms with Gasteiger partial charge in [0.1, 0.15) is 16.5 Å². The summed E-state index contributed by atoms with van der Waals surface area (Å²) in [6, 6.07) is 6.12. The van der Waals surface area contributed by atoms with Gasteiger partial charge in [0.25, 0.3) is 0 Å². The van der Waals surface area contributed by atoms with Crippen LogP contribution in [0.15, 0.2) is 35.2 Å². The van der Waals surface area contributed by atoms with Crippen LogP contribution in [-0.2, 0) is 14.8 Å². The molecule has 33 heavy (non-hydrogen) atoms. The van der Waals surface area contributed by atoms with Gasteiger partial charge in [-0.2, -0.15) is 4.31 Å². The number of nitrogens with one attached hydrogen (secondary N) is 1. The number of sulfonamides is 1. The summed E-state index contributed by atoms with van der Waals surface area (Å²) in [4.78, 5) is 21.1. The maximum absolute atomic E-state index is 14.0. The normalized spacial score (nSPS) is 16.0. The standard InChI is InChI=1S/C21H18F2N4O3S3/c1-11-24-15-4-5-16-19(18(15)31-11)32-21(25-16)26-20(28)12-6-8-27(9-7-12)33(29,30)17-10-13(22)2-3-14(17)23/h2-5,10,12H,6-9H2,1H3,(H,25,26,28).